The molecule has 7 nitrogen and oxygen atoms in total. The molecule has 0 saturated heterocycles. The molecule has 0 aliphatic carbocycles. The van der Waals surface area contributed by atoms with E-state index < -0.39 is 12.0 Å². The van der Waals surface area contributed by atoms with Crippen molar-refractivity contribution in [3.63, 3.8) is 0 Å². The molecular weight excluding hydrogens is 412 g/mol. The zero-order chi connectivity index (χ0) is 20.8. The van der Waals surface area contributed by atoms with E-state index in [9.17, 15) is 9.59 Å². The Morgan fingerprint density at radius 1 is 1.14 bits per heavy atom. The van der Waals surface area contributed by atoms with Crippen LogP contribution in [0.15, 0.2) is 41.9 Å². The van der Waals surface area contributed by atoms with Gasteiger partial charge in [-0.1, -0.05) is 12.1 Å². The summed E-state index contributed by atoms with van der Waals surface area (Å²) in [6.07, 6.45) is 1.52. The minimum atomic E-state index is -0.595. The molecule has 0 radical (unpaired) electrons. The van der Waals surface area contributed by atoms with Gasteiger partial charge in [-0.05, 0) is 29.1 Å². The molecular formula is C20H20N2O5S2. The van der Waals surface area contributed by atoms with Gasteiger partial charge in [-0.25, -0.2) is 4.98 Å². The highest BCUT2D eigenvalue weighted by atomic mass is 32.1. The minimum absolute atomic E-state index is 0.0195. The number of benzene rings is 1. The SMILES string of the molecule is COC(=O)CC(NC(=O)c1cnc(-c2cccs2)s1)c1ccc(OC)c(OC)c1. The van der Waals surface area contributed by atoms with Gasteiger partial charge in [-0.15, -0.1) is 22.7 Å². The average molecular weight is 433 g/mol. The van der Waals surface area contributed by atoms with Crippen molar-refractivity contribution in [1.82, 2.24) is 10.3 Å². The van der Waals surface area contributed by atoms with E-state index in [1.165, 1.54) is 25.6 Å². The van der Waals surface area contributed by atoms with E-state index in [2.05, 4.69) is 10.3 Å². The molecule has 9 heteroatoms. The van der Waals surface area contributed by atoms with Crippen LogP contribution in [0.4, 0.5) is 0 Å². The number of esters is 1. The Labute approximate surface area is 176 Å². The van der Waals surface area contributed by atoms with Crippen molar-refractivity contribution in [3.05, 3.63) is 52.3 Å². The van der Waals surface area contributed by atoms with E-state index in [1.807, 2.05) is 17.5 Å². The van der Waals surface area contributed by atoms with Crippen molar-refractivity contribution >= 4 is 34.6 Å². The van der Waals surface area contributed by atoms with Gasteiger partial charge in [0.1, 0.15) is 9.88 Å². The molecule has 3 aromatic rings. The fourth-order valence-corrected chi connectivity index (χ4v) is 4.32. The third-order valence-corrected chi connectivity index (χ3v) is 6.21. The first-order chi connectivity index (χ1) is 14.0. The second kappa shape index (κ2) is 9.53. The average Bonchev–Trinajstić information content (AvgIpc) is 3.44. The van der Waals surface area contributed by atoms with Crippen molar-refractivity contribution in [1.29, 1.82) is 0 Å². The number of methoxy groups -OCH3 is 3. The fourth-order valence-electron chi connectivity index (χ4n) is 2.69. The molecule has 0 saturated carbocycles. The molecule has 2 heterocycles. The Balaban J connectivity index is 1.84. The zero-order valence-corrected chi connectivity index (χ0v) is 17.8. The summed E-state index contributed by atoms with van der Waals surface area (Å²) < 4.78 is 15.4. The van der Waals surface area contributed by atoms with Crippen LogP contribution in [-0.4, -0.2) is 38.2 Å². The summed E-state index contributed by atoms with van der Waals surface area (Å²) in [6.45, 7) is 0. The first kappa shape index (κ1) is 20.8. The van der Waals surface area contributed by atoms with Crippen LogP contribution in [0, 0.1) is 0 Å². The fraction of sp³-hybridized carbons (Fsp3) is 0.250. The number of nitrogens with zero attached hydrogens (tertiary/aromatic N) is 1. The van der Waals surface area contributed by atoms with E-state index in [4.69, 9.17) is 14.2 Å². The molecule has 3 rings (SSSR count). The highest BCUT2D eigenvalue weighted by Gasteiger charge is 2.22. The maximum absolute atomic E-state index is 12.8. The standard InChI is InChI=1S/C20H20N2O5S2/c1-25-14-7-6-12(9-15(14)26-2)13(10-18(23)27-3)22-19(24)17-11-21-20(29-17)16-5-4-8-28-16/h4-9,11,13H,10H2,1-3H3,(H,22,24). The van der Waals surface area contributed by atoms with Gasteiger partial charge in [0.05, 0.1) is 44.9 Å². The smallest absolute Gasteiger partial charge is 0.307 e. The zero-order valence-electron chi connectivity index (χ0n) is 16.1. The van der Waals surface area contributed by atoms with Gasteiger partial charge in [0.25, 0.3) is 5.91 Å². The molecule has 0 fully saturated rings. The maximum Gasteiger partial charge on any atom is 0.307 e. The molecule has 152 valence electrons. The topological polar surface area (TPSA) is 86.8 Å². The Morgan fingerprint density at radius 3 is 2.59 bits per heavy atom. The molecule has 0 aliphatic rings. The lowest BCUT2D eigenvalue weighted by molar-refractivity contribution is -0.141. The van der Waals surface area contributed by atoms with Crippen LogP contribution in [0.5, 0.6) is 11.5 Å². The van der Waals surface area contributed by atoms with Crippen LogP contribution in [0.3, 0.4) is 0 Å². The van der Waals surface area contributed by atoms with Gasteiger partial charge in [0.2, 0.25) is 0 Å². The Morgan fingerprint density at radius 2 is 1.93 bits per heavy atom. The summed E-state index contributed by atoms with van der Waals surface area (Å²) in [6, 6.07) is 8.53. The van der Waals surface area contributed by atoms with E-state index in [0.717, 1.165) is 9.88 Å². The van der Waals surface area contributed by atoms with Crippen LogP contribution in [0.25, 0.3) is 9.88 Å². The first-order valence-corrected chi connectivity index (χ1v) is 10.3. The van der Waals surface area contributed by atoms with Gasteiger partial charge in [0.15, 0.2) is 11.5 Å². The summed E-state index contributed by atoms with van der Waals surface area (Å²) in [4.78, 5) is 30.5. The third-order valence-electron chi connectivity index (χ3n) is 4.18. The van der Waals surface area contributed by atoms with Gasteiger partial charge in [-0.2, -0.15) is 0 Å². The third kappa shape index (κ3) is 4.93. The number of thiophene rings is 1. The normalized spacial score (nSPS) is 11.6. The van der Waals surface area contributed by atoms with Crippen LogP contribution in [0.2, 0.25) is 0 Å². The molecule has 0 bridgehead atoms. The van der Waals surface area contributed by atoms with Gasteiger partial charge in [-0.3, -0.25) is 9.59 Å². The monoisotopic (exact) mass is 432 g/mol. The second-order valence-electron chi connectivity index (χ2n) is 5.93. The lowest BCUT2D eigenvalue weighted by Gasteiger charge is -2.19. The quantitative estimate of drug-likeness (QED) is 0.543. The Bertz CT molecular complexity index is 985. The van der Waals surface area contributed by atoms with Gasteiger partial charge < -0.3 is 19.5 Å². The number of thiazole rings is 1. The van der Waals surface area contributed by atoms with Gasteiger partial charge in [0, 0.05) is 0 Å². The molecule has 1 N–H and O–H groups in total. The minimum Gasteiger partial charge on any atom is -0.493 e. The number of rotatable bonds is 8. The molecule has 0 spiro atoms. The molecule has 0 aliphatic heterocycles. The number of aromatic nitrogens is 1. The molecule has 1 unspecified atom stereocenters. The highest BCUT2D eigenvalue weighted by Crippen LogP contribution is 2.32. The summed E-state index contributed by atoms with van der Waals surface area (Å²) in [5.41, 5.74) is 0.699. The lowest BCUT2D eigenvalue weighted by Crippen LogP contribution is -2.30. The van der Waals surface area contributed by atoms with E-state index >= 15 is 0 Å². The van der Waals surface area contributed by atoms with E-state index in [1.54, 1.807) is 42.8 Å². The van der Waals surface area contributed by atoms with Crippen LogP contribution < -0.4 is 14.8 Å². The van der Waals surface area contributed by atoms with E-state index in [-0.39, 0.29) is 12.3 Å². The van der Waals surface area contributed by atoms with Crippen LogP contribution in [0.1, 0.15) is 27.7 Å². The number of hydrogen-bond donors (Lipinski definition) is 1. The predicted molar refractivity (Wildman–Crippen MR) is 112 cm³/mol. The van der Waals surface area contributed by atoms with Crippen molar-refractivity contribution in [2.24, 2.45) is 0 Å². The van der Waals surface area contributed by atoms with Crippen molar-refractivity contribution in [3.8, 4) is 21.4 Å². The van der Waals surface area contributed by atoms with Gasteiger partial charge >= 0.3 is 5.97 Å². The van der Waals surface area contributed by atoms with Crippen LogP contribution >= 0.6 is 22.7 Å². The molecule has 1 atom stereocenters. The second-order valence-corrected chi connectivity index (χ2v) is 7.91. The number of carbonyl (C=O) groups excluding carboxylic acids is 2. The Kier molecular flexibility index (Phi) is 6.84. The summed E-state index contributed by atoms with van der Waals surface area (Å²) in [5.74, 6) is 0.317. The highest BCUT2D eigenvalue weighted by molar-refractivity contribution is 7.21. The largest absolute Gasteiger partial charge is 0.493 e. The maximum atomic E-state index is 12.8. The van der Waals surface area contributed by atoms with Crippen molar-refractivity contribution in [2.75, 3.05) is 21.3 Å². The van der Waals surface area contributed by atoms with Crippen LogP contribution in [-0.2, 0) is 9.53 Å². The molecule has 1 amide bonds. The Hall–Kier alpha value is -2.91. The number of amides is 1. The molecule has 2 aromatic heterocycles. The van der Waals surface area contributed by atoms with Crippen molar-refractivity contribution < 1.29 is 23.8 Å². The summed E-state index contributed by atoms with van der Waals surface area (Å²) >= 11 is 2.86. The predicted octanol–water partition coefficient (Wildman–Crippen LogP) is 3.92. The number of carbonyl (C=O) groups is 2. The molecule has 1 aromatic carbocycles. The number of ether oxygens (including phenoxy) is 3. The number of hydrogen-bond acceptors (Lipinski definition) is 8. The lowest BCUT2D eigenvalue weighted by atomic mass is 10.0. The molecule has 29 heavy (non-hydrogen) atoms. The summed E-state index contributed by atoms with van der Waals surface area (Å²) in [5, 5.41) is 5.64. The number of nitrogens with one attached hydrogen (secondary N) is 1. The summed E-state index contributed by atoms with van der Waals surface area (Å²) in [7, 11) is 4.38. The first-order valence-electron chi connectivity index (χ1n) is 8.65. The van der Waals surface area contributed by atoms with Crippen molar-refractivity contribution in [2.45, 2.75) is 12.5 Å². The van der Waals surface area contributed by atoms with E-state index in [0.29, 0.717) is 21.9 Å².